The lowest BCUT2D eigenvalue weighted by Gasteiger charge is -2.31. The molecule has 1 aliphatic rings. The van der Waals surface area contributed by atoms with Crippen molar-refractivity contribution in [2.75, 3.05) is 30.5 Å². The molecule has 0 saturated carbocycles. The maximum Gasteiger partial charge on any atom is 0.328 e. The standard InChI is InChI=1S/C26H28F2N6O3/c1-14(2)31-24(35)16-9-8-15(3)17(12-16)21-18-13-30-26(36)34(22-19(27)6-5-7-20(22)28)23(18)33-25(32-21)29-10-11-37-4/h5-9,12,14H,10-11,13H2,1-4H3,(H,30,36)(H,31,35)(H,29,32,33). The quantitative estimate of drug-likeness (QED) is 0.390. The first kappa shape index (κ1) is 26.0. The van der Waals surface area contributed by atoms with Gasteiger partial charge in [-0.25, -0.2) is 23.5 Å². The molecule has 3 aromatic rings. The topological polar surface area (TPSA) is 108 Å². The van der Waals surface area contributed by atoms with Crippen LogP contribution in [0.5, 0.6) is 0 Å². The number of carbonyl (C=O) groups excluding carboxylic acids is 2. The monoisotopic (exact) mass is 510 g/mol. The van der Waals surface area contributed by atoms with E-state index in [0.29, 0.717) is 35.5 Å². The Morgan fingerprint density at radius 3 is 2.59 bits per heavy atom. The lowest BCUT2D eigenvalue weighted by molar-refractivity contribution is 0.0943. The number of amides is 3. The predicted molar refractivity (Wildman–Crippen MR) is 136 cm³/mol. The van der Waals surface area contributed by atoms with Crippen LogP contribution < -0.4 is 20.9 Å². The maximum absolute atomic E-state index is 14.8. The Labute approximate surface area is 213 Å². The molecule has 194 valence electrons. The summed E-state index contributed by atoms with van der Waals surface area (Å²) in [5.41, 5.74) is 2.18. The number of anilines is 3. The van der Waals surface area contributed by atoms with Gasteiger partial charge in [0.15, 0.2) is 5.82 Å². The summed E-state index contributed by atoms with van der Waals surface area (Å²) < 4.78 is 34.7. The number of para-hydroxylation sites is 1. The number of methoxy groups -OCH3 is 1. The number of halogens is 2. The fourth-order valence-corrected chi connectivity index (χ4v) is 4.00. The van der Waals surface area contributed by atoms with Gasteiger partial charge in [0.05, 0.1) is 18.8 Å². The van der Waals surface area contributed by atoms with Crippen molar-refractivity contribution < 1.29 is 23.1 Å². The Balaban J connectivity index is 1.93. The predicted octanol–water partition coefficient (Wildman–Crippen LogP) is 4.29. The van der Waals surface area contributed by atoms with Crippen LogP contribution >= 0.6 is 0 Å². The zero-order valence-electron chi connectivity index (χ0n) is 21.0. The summed E-state index contributed by atoms with van der Waals surface area (Å²) in [5.74, 6) is -1.91. The van der Waals surface area contributed by atoms with E-state index < -0.39 is 23.4 Å². The molecular weight excluding hydrogens is 482 g/mol. The molecule has 3 amide bonds. The normalized spacial score (nSPS) is 12.8. The third-order valence-electron chi connectivity index (χ3n) is 5.74. The molecule has 2 aromatic carbocycles. The number of ether oxygens (including phenoxy) is 1. The Morgan fingerprint density at radius 2 is 1.92 bits per heavy atom. The van der Waals surface area contributed by atoms with E-state index >= 15 is 0 Å². The average molecular weight is 511 g/mol. The second kappa shape index (κ2) is 10.9. The second-order valence-corrected chi connectivity index (χ2v) is 8.84. The number of aromatic nitrogens is 2. The first-order valence-corrected chi connectivity index (χ1v) is 11.8. The lowest BCUT2D eigenvalue weighted by atomic mass is 9.97. The van der Waals surface area contributed by atoms with Crippen molar-refractivity contribution >= 4 is 29.4 Å². The minimum atomic E-state index is -0.916. The summed E-state index contributed by atoms with van der Waals surface area (Å²) in [4.78, 5) is 35.7. The molecule has 4 rings (SSSR count). The summed E-state index contributed by atoms with van der Waals surface area (Å²) in [7, 11) is 1.55. The number of carbonyl (C=O) groups is 2. The third kappa shape index (κ3) is 5.36. The van der Waals surface area contributed by atoms with Gasteiger partial charge >= 0.3 is 6.03 Å². The number of fused-ring (bicyclic) bond motifs is 1. The van der Waals surface area contributed by atoms with Crippen LogP contribution in [0.25, 0.3) is 11.3 Å². The molecule has 0 atom stereocenters. The van der Waals surface area contributed by atoms with Gasteiger partial charge < -0.3 is 20.7 Å². The Bertz CT molecular complexity index is 1330. The second-order valence-electron chi connectivity index (χ2n) is 8.84. The van der Waals surface area contributed by atoms with E-state index in [1.807, 2.05) is 20.8 Å². The number of nitrogens with one attached hydrogen (secondary N) is 3. The van der Waals surface area contributed by atoms with E-state index in [-0.39, 0.29) is 30.3 Å². The van der Waals surface area contributed by atoms with Crippen LogP contribution in [0.15, 0.2) is 36.4 Å². The van der Waals surface area contributed by atoms with Crippen LogP contribution in [0.3, 0.4) is 0 Å². The Morgan fingerprint density at radius 1 is 1.19 bits per heavy atom. The molecule has 0 unspecified atom stereocenters. The SMILES string of the molecule is COCCNc1nc(-c2cc(C(=O)NC(C)C)ccc2C)c2c(n1)N(c1c(F)cccc1F)C(=O)NC2. The van der Waals surface area contributed by atoms with Crippen molar-refractivity contribution in [1.82, 2.24) is 20.6 Å². The van der Waals surface area contributed by atoms with Gasteiger partial charge in [0.25, 0.3) is 5.91 Å². The minimum absolute atomic E-state index is 0.0241. The molecule has 0 saturated heterocycles. The van der Waals surface area contributed by atoms with Crippen LogP contribution in [0.4, 0.5) is 31.0 Å². The number of hydrogen-bond donors (Lipinski definition) is 3. The zero-order valence-corrected chi connectivity index (χ0v) is 21.0. The van der Waals surface area contributed by atoms with Crippen LogP contribution in [0, 0.1) is 18.6 Å². The van der Waals surface area contributed by atoms with E-state index in [4.69, 9.17) is 4.74 Å². The molecule has 0 bridgehead atoms. The lowest BCUT2D eigenvalue weighted by Crippen LogP contribution is -2.43. The van der Waals surface area contributed by atoms with Crippen molar-refractivity contribution in [2.45, 2.75) is 33.4 Å². The Hall–Kier alpha value is -4.12. The van der Waals surface area contributed by atoms with Crippen molar-refractivity contribution in [1.29, 1.82) is 0 Å². The van der Waals surface area contributed by atoms with Gasteiger partial charge in [0, 0.05) is 36.4 Å². The number of urea groups is 1. The summed E-state index contributed by atoms with van der Waals surface area (Å²) in [5, 5.41) is 8.56. The molecule has 2 heterocycles. The van der Waals surface area contributed by atoms with Crippen molar-refractivity contribution in [3.63, 3.8) is 0 Å². The van der Waals surface area contributed by atoms with Gasteiger partial charge in [0.1, 0.15) is 17.3 Å². The first-order valence-electron chi connectivity index (χ1n) is 11.8. The highest BCUT2D eigenvalue weighted by molar-refractivity contribution is 6.02. The largest absolute Gasteiger partial charge is 0.383 e. The summed E-state index contributed by atoms with van der Waals surface area (Å²) >= 11 is 0. The molecule has 3 N–H and O–H groups in total. The Kier molecular flexibility index (Phi) is 7.63. The van der Waals surface area contributed by atoms with E-state index in [2.05, 4.69) is 25.9 Å². The van der Waals surface area contributed by atoms with Crippen LogP contribution in [0.1, 0.15) is 35.3 Å². The highest BCUT2D eigenvalue weighted by Gasteiger charge is 2.34. The fourth-order valence-electron chi connectivity index (χ4n) is 4.00. The minimum Gasteiger partial charge on any atom is -0.383 e. The molecule has 9 nitrogen and oxygen atoms in total. The molecule has 1 aromatic heterocycles. The van der Waals surface area contributed by atoms with E-state index in [1.165, 1.54) is 6.07 Å². The van der Waals surface area contributed by atoms with Gasteiger partial charge in [-0.05, 0) is 50.6 Å². The number of rotatable bonds is 8. The van der Waals surface area contributed by atoms with Crippen LogP contribution in [-0.4, -0.2) is 48.2 Å². The molecule has 0 spiro atoms. The molecule has 1 aliphatic heterocycles. The van der Waals surface area contributed by atoms with E-state index in [1.54, 1.807) is 25.3 Å². The van der Waals surface area contributed by atoms with Crippen LogP contribution in [-0.2, 0) is 11.3 Å². The molecular formula is C26H28F2N6O3. The number of nitrogens with zero attached hydrogens (tertiary/aromatic N) is 3. The van der Waals surface area contributed by atoms with Gasteiger partial charge in [-0.15, -0.1) is 0 Å². The summed E-state index contributed by atoms with van der Waals surface area (Å²) in [6.45, 7) is 6.32. The third-order valence-corrected chi connectivity index (χ3v) is 5.74. The smallest absolute Gasteiger partial charge is 0.328 e. The van der Waals surface area contributed by atoms with Gasteiger partial charge in [-0.1, -0.05) is 12.1 Å². The average Bonchev–Trinajstić information content (AvgIpc) is 2.84. The first-order chi connectivity index (χ1) is 17.7. The van der Waals surface area contributed by atoms with E-state index in [0.717, 1.165) is 22.6 Å². The molecule has 0 radical (unpaired) electrons. The highest BCUT2D eigenvalue weighted by Crippen LogP contribution is 2.39. The molecule has 37 heavy (non-hydrogen) atoms. The van der Waals surface area contributed by atoms with Gasteiger partial charge in [-0.2, -0.15) is 4.98 Å². The maximum atomic E-state index is 14.8. The van der Waals surface area contributed by atoms with Crippen molar-refractivity contribution in [2.24, 2.45) is 0 Å². The van der Waals surface area contributed by atoms with E-state index in [9.17, 15) is 18.4 Å². The molecule has 11 heteroatoms. The summed E-state index contributed by atoms with van der Waals surface area (Å²) in [6.07, 6.45) is 0. The number of hydrogen-bond acceptors (Lipinski definition) is 6. The van der Waals surface area contributed by atoms with Crippen molar-refractivity contribution in [3.05, 3.63) is 64.7 Å². The highest BCUT2D eigenvalue weighted by atomic mass is 19.1. The van der Waals surface area contributed by atoms with Crippen LogP contribution in [0.2, 0.25) is 0 Å². The zero-order chi connectivity index (χ0) is 26.7. The fraction of sp³-hybridized carbons (Fsp3) is 0.308. The molecule has 0 fully saturated rings. The summed E-state index contributed by atoms with van der Waals surface area (Å²) in [6, 6.07) is 7.79. The molecule has 0 aliphatic carbocycles. The number of benzene rings is 2. The van der Waals surface area contributed by atoms with Crippen molar-refractivity contribution in [3.8, 4) is 11.3 Å². The number of aryl methyl sites for hydroxylation is 1. The van der Waals surface area contributed by atoms with Gasteiger partial charge in [0.2, 0.25) is 5.95 Å². The van der Waals surface area contributed by atoms with Gasteiger partial charge in [-0.3, -0.25) is 4.79 Å².